The molecule has 2 nitrogen and oxygen atoms in total. The van der Waals surface area contributed by atoms with E-state index in [1.807, 2.05) is 42.5 Å². The predicted octanol–water partition coefficient (Wildman–Crippen LogP) is 5.04. The molecule has 0 heterocycles. The minimum Gasteiger partial charge on any atom is -0.497 e. The zero-order valence-electron chi connectivity index (χ0n) is 12.7. The molecule has 110 valence electrons. The van der Waals surface area contributed by atoms with E-state index in [1.165, 1.54) is 0 Å². The van der Waals surface area contributed by atoms with Crippen molar-refractivity contribution in [2.45, 2.75) is 0 Å². The third-order valence-electron chi connectivity index (χ3n) is 3.68. The largest absolute Gasteiger partial charge is 0.497 e. The fourth-order valence-corrected chi connectivity index (χ4v) is 2.62. The molecule has 0 bridgehead atoms. The Bertz CT molecular complexity index is 749. The van der Waals surface area contributed by atoms with Crippen LogP contribution in [0.1, 0.15) is 0 Å². The quantitative estimate of drug-likeness (QED) is 0.670. The molecule has 0 amide bonds. The summed E-state index contributed by atoms with van der Waals surface area (Å²) < 4.78 is 11.1. The molecule has 3 rings (SSSR count). The highest BCUT2D eigenvalue weighted by Crippen LogP contribution is 2.42. The van der Waals surface area contributed by atoms with E-state index in [-0.39, 0.29) is 0 Å². The summed E-state index contributed by atoms with van der Waals surface area (Å²) in [4.78, 5) is 0. The Kier molecular flexibility index (Phi) is 4.10. The van der Waals surface area contributed by atoms with Crippen LogP contribution < -0.4 is 9.47 Å². The molecule has 0 aliphatic rings. The lowest BCUT2D eigenvalue weighted by Gasteiger charge is -2.16. The van der Waals surface area contributed by atoms with Gasteiger partial charge < -0.3 is 9.47 Å². The standard InChI is InChI=1S/C20H18O2/c1-21-17-13-18(15-9-5-3-6-10-15)20(19(14-17)22-2)16-11-7-4-8-12-16/h3-14H,1-2H3. The van der Waals surface area contributed by atoms with Gasteiger partial charge in [-0.2, -0.15) is 0 Å². The van der Waals surface area contributed by atoms with Gasteiger partial charge in [0.2, 0.25) is 0 Å². The summed E-state index contributed by atoms with van der Waals surface area (Å²) in [5.41, 5.74) is 4.44. The highest BCUT2D eigenvalue weighted by Gasteiger charge is 2.15. The van der Waals surface area contributed by atoms with E-state index in [4.69, 9.17) is 9.47 Å². The average Bonchev–Trinajstić information content (AvgIpc) is 2.62. The Morgan fingerprint density at radius 2 is 1.23 bits per heavy atom. The van der Waals surface area contributed by atoms with Gasteiger partial charge in [0.15, 0.2) is 0 Å². The van der Waals surface area contributed by atoms with E-state index >= 15 is 0 Å². The van der Waals surface area contributed by atoms with Crippen molar-refractivity contribution in [3.8, 4) is 33.8 Å². The SMILES string of the molecule is COc1cc(OC)c(-c2ccccc2)c(-c2ccccc2)c1. The Labute approximate surface area is 131 Å². The Morgan fingerprint density at radius 3 is 1.77 bits per heavy atom. The van der Waals surface area contributed by atoms with Crippen LogP contribution in [0.5, 0.6) is 11.5 Å². The Morgan fingerprint density at radius 1 is 0.636 bits per heavy atom. The van der Waals surface area contributed by atoms with E-state index < -0.39 is 0 Å². The van der Waals surface area contributed by atoms with Gasteiger partial charge in [-0.25, -0.2) is 0 Å². The van der Waals surface area contributed by atoms with Crippen LogP contribution in [0.15, 0.2) is 72.8 Å². The molecular formula is C20H18O2. The maximum absolute atomic E-state index is 5.62. The number of benzene rings is 3. The summed E-state index contributed by atoms with van der Waals surface area (Å²) in [6.07, 6.45) is 0. The highest BCUT2D eigenvalue weighted by molar-refractivity contribution is 5.88. The first-order valence-corrected chi connectivity index (χ1v) is 7.20. The van der Waals surface area contributed by atoms with Gasteiger partial charge in [0.05, 0.1) is 14.2 Å². The summed E-state index contributed by atoms with van der Waals surface area (Å²) in [6, 6.07) is 24.5. The smallest absolute Gasteiger partial charge is 0.131 e. The lowest BCUT2D eigenvalue weighted by Crippen LogP contribution is -1.94. The van der Waals surface area contributed by atoms with Gasteiger partial charge in [-0.05, 0) is 22.8 Å². The van der Waals surface area contributed by atoms with E-state index in [0.29, 0.717) is 0 Å². The monoisotopic (exact) mass is 290 g/mol. The van der Waals surface area contributed by atoms with Crippen LogP contribution in [0.2, 0.25) is 0 Å². The summed E-state index contributed by atoms with van der Waals surface area (Å²) >= 11 is 0. The molecule has 0 saturated heterocycles. The lowest BCUT2D eigenvalue weighted by atomic mass is 9.93. The molecule has 0 aliphatic heterocycles. The fraction of sp³-hybridized carbons (Fsp3) is 0.100. The normalized spacial score (nSPS) is 10.3. The van der Waals surface area contributed by atoms with E-state index in [1.54, 1.807) is 14.2 Å². The predicted molar refractivity (Wildman–Crippen MR) is 90.4 cm³/mol. The first kappa shape index (κ1) is 14.2. The lowest BCUT2D eigenvalue weighted by molar-refractivity contribution is 0.395. The first-order valence-electron chi connectivity index (χ1n) is 7.20. The van der Waals surface area contributed by atoms with E-state index in [0.717, 1.165) is 33.8 Å². The molecule has 0 spiro atoms. The molecule has 0 unspecified atom stereocenters. The molecule has 3 aromatic carbocycles. The third-order valence-corrected chi connectivity index (χ3v) is 3.68. The molecule has 0 N–H and O–H groups in total. The maximum atomic E-state index is 5.62. The van der Waals surface area contributed by atoms with Crippen LogP contribution in [0.3, 0.4) is 0 Å². The van der Waals surface area contributed by atoms with Crippen LogP contribution in [0, 0.1) is 0 Å². The highest BCUT2D eigenvalue weighted by atomic mass is 16.5. The van der Waals surface area contributed by atoms with E-state index in [9.17, 15) is 0 Å². The van der Waals surface area contributed by atoms with Crippen LogP contribution in [0.4, 0.5) is 0 Å². The fourth-order valence-electron chi connectivity index (χ4n) is 2.62. The molecule has 0 radical (unpaired) electrons. The molecule has 2 heteroatoms. The Balaban J connectivity index is 2.30. The zero-order valence-corrected chi connectivity index (χ0v) is 12.7. The Hall–Kier alpha value is -2.74. The van der Waals surface area contributed by atoms with Gasteiger partial charge >= 0.3 is 0 Å². The van der Waals surface area contributed by atoms with Crippen molar-refractivity contribution in [3.63, 3.8) is 0 Å². The van der Waals surface area contributed by atoms with Gasteiger partial charge in [-0.15, -0.1) is 0 Å². The maximum Gasteiger partial charge on any atom is 0.131 e. The second kappa shape index (κ2) is 6.35. The molecule has 0 aromatic heterocycles. The average molecular weight is 290 g/mol. The third kappa shape index (κ3) is 2.68. The van der Waals surface area contributed by atoms with Crippen molar-refractivity contribution in [1.29, 1.82) is 0 Å². The van der Waals surface area contributed by atoms with Gasteiger partial charge in [0.1, 0.15) is 11.5 Å². The van der Waals surface area contributed by atoms with Crippen LogP contribution >= 0.6 is 0 Å². The second-order valence-corrected chi connectivity index (χ2v) is 4.98. The zero-order chi connectivity index (χ0) is 15.4. The summed E-state index contributed by atoms with van der Waals surface area (Å²) in [5, 5.41) is 0. The van der Waals surface area contributed by atoms with Crippen molar-refractivity contribution in [2.75, 3.05) is 14.2 Å². The number of methoxy groups -OCH3 is 2. The summed E-state index contributed by atoms with van der Waals surface area (Å²) in [7, 11) is 3.36. The number of rotatable bonds is 4. The van der Waals surface area contributed by atoms with Crippen LogP contribution in [-0.2, 0) is 0 Å². The van der Waals surface area contributed by atoms with Crippen molar-refractivity contribution in [2.24, 2.45) is 0 Å². The van der Waals surface area contributed by atoms with Crippen LogP contribution in [0.25, 0.3) is 22.3 Å². The van der Waals surface area contributed by atoms with Gasteiger partial charge in [0.25, 0.3) is 0 Å². The molecule has 22 heavy (non-hydrogen) atoms. The minimum absolute atomic E-state index is 0.787. The molecule has 0 atom stereocenters. The molecule has 0 aliphatic carbocycles. The van der Waals surface area contributed by atoms with Gasteiger partial charge in [0, 0.05) is 11.6 Å². The van der Waals surface area contributed by atoms with Crippen molar-refractivity contribution in [3.05, 3.63) is 72.8 Å². The minimum atomic E-state index is 0.787. The molecule has 0 saturated carbocycles. The number of hydrogen-bond donors (Lipinski definition) is 0. The number of hydrogen-bond acceptors (Lipinski definition) is 2. The van der Waals surface area contributed by atoms with Crippen LogP contribution in [-0.4, -0.2) is 14.2 Å². The molecular weight excluding hydrogens is 272 g/mol. The second-order valence-electron chi connectivity index (χ2n) is 4.98. The van der Waals surface area contributed by atoms with Crippen molar-refractivity contribution in [1.82, 2.24) is 0 Å². The summed E-state index contributed by atoms with van der Waals surface area (Å²) in [6.45, 7) is 0. The van der Waals surface area contributed by atoms with Crippen molar-refractivity contribution >= 4 is 0 Å². The molecule has 0 fully saturated rings. The first-order chi connectivity index (χ1) is 10.8. The molecule has 3 aromatic rings. The number of ether oxygens (including phenoxy) is 2. The van der Waals surface area contributed by atoms with Gasteiger partial charge in [-0.1, -0.05) is 60.7 Å². The van der Waals surface area contributed by atoms with Gasteiger partial charge in [-0.3, -0.25) is 0 Å². The topological polar surface area (TPSA) is 18.5 Å². The summed E-state index contributed by atoms with van der Waals surface area (Å²) in [5.74, 6) is 1.60. The van der Waals surface area contributed by atoms with E-state index in [2.05, 4.69) is 30.3 Å². The van der Waals surface area contributed by atoms with Crippen molar-refractivity contribution < 1.29 is 9.47 Å².